The first-order valence-corrected chi connectivity index (χ1v) is 9.32. The summed E-state index contributed by atoms with van der Waals surface area (Å²) < 4.78 is 5.39. The van der Waals surface area contributed by atoms with Gasteiger partial charge in [-0.1, -0.05) is 19.9 Å². The molecule has 0 radical (unpaired) electrons. The van der Waals surface area contributed by atoms with Crippen LogP contribution in [0.15, 0.2) is 35.3 Å². The number of nitrogens with zero attached hydrogens (tertiary/aromatic N) is 3. The lowest BCUT2D eigenvalue weighted by molar-refractivity contribution is 0.0903. The predicted molar refractivity (Wildman–Crippen MR) is 105 cm³/mol. The molecular formula is C20H23N5O2. The van der Waals surface area contributed by atoms with Gasteiger partial charge in [-0.25, -0.2) is 15.0 Å². The molecule has 0 bridgehead atoms. The summed E-state index contributed by atoms with van der Waals surface area (Å²) in [7, 11) is 0. The number of aromatic nitrogens is 4. The number of anilines is 1. The fourth-order valence-corrected chi connectivity index (χ4v) is 3.20. The van der Waals surface area contributed by atoms with Gasteiger partial charge in [0.15, 0.2) is 0 Å². The highest BCUT2D eigenvalue weighted by molar-refractivity contribution is 5.83. The lowest BCUT2D eigenvalue weighted by Crippen LogP contribution is -2.28. The number of H-pyrrole nitrogens is 1. The highest BCUT2D eigenvalue weighted by atomic mass is 16.5. The van der Waals surface area contributed by atoms with E-state index in [9.17, 15) is 4.79 Å². The number of rotatable bonds is 4. The zero-order chi connectivity index (χ0) is 18.8. The maximum absolute atomic E-state index is 12.5. The van der Waals surface area contributed by atoms with Crippen molar-refractivity contribution < 1.29 is 4.74 Å². The van der Waals surface area contributed by atoms with Crippen LogP contribution >= 0.6 is 0 Å². The smallest absolute Gasteiger partial charge is 0.258 e. The molecule has 3 heterocycles. The fourth-order valence-electron chi connectivity index (χ4n) is 3.20. The number of ether oxygens (including phenoxy) is 1. The number of hydrogen-bond acceptors (Lipinski definition) is 6. The molecule has 0 amide bonds. The Kier molecular flexibility index (Phi) is 4.85. The Hall–Kier alpha value is -2.80. The van der Waals surface area contributed by atoms with Crippen molar-refractivity contribution in [3.8, 4) is 11.3 Å². The van der Waals surface area contributed by atoms with Gasteiger partial charge in [0.05, 0.1) is 16.6 Å². The summed E-state index contributed by atoms with van der Waals surface area (Å²) in [6.45, 7) is 5.53. The summed E-state index contributed by atoms with van der Waals surface area (Å²) in [5, 5.41) is 3.94. The third kappa shape index (κ3) is 3.83. The summed E-state index contributed by atoms with van der Waals surface area (Å²) in [5.41, 5.74) is 2.21. The minimum atomic E-state index is -0.125. The third-order valence-corrected chi connectivity index (χ3v) is 4.78. The molecule has 3 aromatic rings. The lowest BCUT2D eigenvalue weighted by atomic mass is 10.1. The van der Waals surface area contributed by atoms with Gasteiger partial charge in [-0.15, -0.1) is 0 Å². The SMILES string of the molecule is CC(C)c1nc2ccc(-c3ccnc(NC4CCOCC4)n3)cc2c(=O)[nH]1. The summed E-state index contributed by atoms with van der Waals surface area (Å²) >= 11 is 0. The van der Waals surface area contributed by atoms with Gasteiger partial charge in [0.25, 0.3) is 5.56 Å². The van der Waals surface area contributed by atoms with Crippen molar-refractivity contribution in [1.82, 2.24) is 19.9 Å². The molecule has 1 aliphatic rings. The topological polar surface area (TPSA) is 92.8 Å². The Balaban J connectivity index is 1.65. The second-order valence-corrected chi connectivity index (χ2v) is 7.13. The van der Waals surface area contributed by atoms with E-state index in [0.717, 1.165) is 37.3 Å². The largest absolute Gasteiger partial charge is 0.381 e. The molecule has 2 aromatic heterocycles. The Morgan fingerprint density at radius 2 is 2.00 bits per heavy atom. The molecule has 7 heteroatoms. The molecule has 2 N–H and O–H groups in total. The van der Waals surface area contributed by atoms with Gasteiger partial charge < -0.3 is 15.0 Å². The molecule has 140 valence electrons. The van der Waals surface area contributed by atoms with Crippen LogP contribution in [0.1, 0.15) is 38.4 Å². The molecule has 0 aliphatic carbocycles. The first-order valence-electron chi connectivity index (χ1n) is 9.32. The van der Waals surface area contributed by atoms with Crippen molar-refractivity contribution in [3.05, 3.63) is 46.6 Å². The van der Waals surface area contributed by atoms with Crippen LogP contribution < -0.4 is 10.9 Å². The van der Waals surface area contributed by atoms with Crippen LogP contribution in [0.5, 0.6) is 0 Å². The summed E-state index contributed by atoms with van der Waals surface area (Å²) in [4.78, 5) is 28.8. The highest BCUT2D eigenvalue weighted by Crippen LogP contribution is 2.22. The van der Waals surface area contributed by atoms with Crippen molar-refractivity contribution in [2.45, 2.75) is 38.6 Å². The van der Waals surface area contributed by atoms with E-state index >= 15 is 0 Å². The molecular weight excluding hydrogens is 342 g/mol. The zero-order valence-corrected chi connectivity index (χ0v) is 15.5. The second kappa shape index (κ2) is 7.44. The summed E-state index contributed by atoms with van der Waals surface area (Å²) in [5.74, 6) is 1.47. The summed E-state index contributed by atoms with van der Waals surface area (Å²) in [6, 6.07) is 7.83. The average Bonchev–Trinajstić information content (AvgIpc) is 2.68. The van der Waals surface area contributed by atoms with Crippen LogP contribution in [-0.4, -0.2) is 39.2 Å². The first-order chi connectivity index (χ1) is 13.1. The van der Waals surface area contributed by atoms with E-state index in [-0.39, 0.29) is 11.5 Å². The van der Waals surface area contributed by atoms with Crippen molar-refractivity contribution in [2.24, 2.45) is 0 Å². The van der Waals surface area contributed by atoms with Gasteiger partial charge in [-0.3, -0.25) is 4.79 Å². The van der Waals surface area contributed by atoms with Crippen LogP contribution in [0.4, 0.5) is 5.95 Å². The van der Waals surface area contributed by atoms with Crippen LogP contribution in [0, 0.1) is 0 Å². The monoisotopic (exact) mass is 365 g/mol. The quantitative estimate of drug-likeness (QED) is 0.738. The minimum absolute atomic E-state index is 0.125. The fraction of sp³-hybridized carbons (Fsp3) is 0.400. The van der Waals surface area contributed by atoms with Crippen molar-refractivity contribution in [1.29, 1.82) is 0 Å². The van der Waals surface area contributed by atoms with Crippen molar-refractivity contribution in [2.75, 3.05) is 18.5 Å². The summed E-state index contributed by atoms with van der Waals surface area (Å²) in [6.07, 6.45) is 3.63. The van der Waals surface area contributed by atoms with Gasteiger partial charge in [0, 0.05) is 36.9 Å². The Bertz CT molecular complexity index is 1010. The normalized spacial score (nSPS) is 15.4. The average molecular weight is 365 g/mol. The molecule has 1 fully saturated rings. The van der Waals surface area contributed by atoms with E-state index < -0.39 is 0 Å². The molecule has 1 saturated heterocycles. The molecule has 0 unspecified atom stereocenters. The van der Waals surface area contributed by atoms with Gasteiger partial charge >= 0.3 is 0 Å². The molecule has 0 spiro atoms. The van der Waals surface area contributed by atoms with Crippen LogP contribution in [-0.2, 0) is 4.74 Å². The number of nitrogens with one attached hydrogen (secondary N) is 2. The number of aromatic amines is 1. The Morgan fingerprint density at radius 3 is 2.78 bits per heavy atom. The molecule has 0 atom stereocenters. The number of fused-ring (bicyclic) bond motifs is 1. The van der Waals surface area contributed by atoms with E-state index in [1.807, 2.05) is 38.1 Å². The third-order valence-electron chi connectivity index (χ3n) is 4.78. The highest BCUT2D eigenvalue weighted by Gasteiger charge is 2.15. The van der Waals surface area contributed by atoms with E-state index in [1.54, 1.807) is 6.20 Å². The van der Waals surface area contributed by atoms with Gasteiger partial charge in [-0.2, -0.15) is 0 Å². The van der Waals surface area contributed by atoms with E-state index in [2.05, 4.69) is 25.3 Å². The molecule has 27 heavy (non-hydrogen) atoms. The van der Waals surface area contributed by atoms with E-state index in [4.69, 9.17) is 4.74 Å². The molecule has 1 aromatic carbocycles. The predicted octanol–water partition coefficient (Wildman–Crippen LogP) is 3.09. The van der Waals surface area contributed by atoms with Gasteiger partial charge in [0.1, 0.15) is 5.82 Å². The van der Waals surface area contributed by atoms with E-state index in [1.165, 1.54) is 0 Å². The van der Waals surface area contributed by atoms with Crippen LogP contribution in [0.2, 0.25) is 0 Å². The Labute approximate surface area is 157 Å². The minimum Gasteiger partial charge on any atom is -0.381 e. The maximum Gasteiger partial charge on any atom is 0.258 e. The Morgan fingerprint density at radius 1 is 1.19 bits per heavy atom. The molecule has 1 aliphatic heterocycles. The standard InChI is InChI=1S/C20H23N5O2/c1-12(2)18-23-17-4-3-13(11-15(17)19(26)25-18)16-5-8-21-20(24-16)22-14-6-9-27-10-7-14/h3-5,8,11-12,14H,6-7,9-10H2,1-2H3,(H,21,22,24)(H,23,25,26). The van der Waals surface area contributed by atoms with Crippen molar-refractivity contribution >= 4 is 16.9 Å². The lowest BCUT2D eigenvalue weighted by Gasteiger charge is -2.23. The first kappa shape index (κ1) is 17.6. The van der Waals surface area contributed by atoms with Crippen molar-refractivity contribution in [3.63, 3.8) is 0 Å². The molecule has 4 rings (SSSR count). The van der Waals surface area contributed by atoms with Crippen LogP contribution in [0.3, 0.4) is 0 Å². The van der Waals surface area contributed by atoms with Crippen LogP contribution in [0.25, 0.3) is 22.2 Å². The van der Waals surface area contributed by atoms with Gasteiger partial charge in [-0.05, 0) is 31.0 Å². The zero-order valence-electron chi connectivity index (χ0n) is 15.5. The molecule has 0 saturated carbocycles. The number of benzene rings is 1. The second-order valence-electron chi connectivity index (χ2n) is 7.13. The maximum atomic E-state index is 12.5. The number of hydrogen-bond donors (Lipinski definition) is 2. The molecule has 7 nitrogen and oxygen atoms in total. The van der Waals surface area contributed by atoms with E-state index in [0.29, 0.717) is 28.7 Å². The van der Waals surface area contributed by atoms with Gasteiger partial charge in [0.2, 0.25) is 5.95 Å².